The summed E-state index contributed by atoms with van der Waals surface area (Å²) in [6.07, 6.45) is 5.38. The minimum Gasteiger partial charge on any atom is -0.506 e. The lowest BCUT2D eigenvalue weighted by Gasteiger charge is -2.09. The van der Waals surface area contributed by atoms with Gasteiger partial charge in [-0.15, -0.1) is 0 Å². The molecule has 0 aliphatic heterocycles. The number of nitrogens with zero attached hydrogens (tertiary/aromatic N) is 1. The van der Waals surface area contributed by atoms with Gasteiger partial charge in [0.1, 0.15) is 11.5 Å². The topological polar surface area (TPSA) is 79.7 Å². The second kappa shape index (κ2) is 8.15. The van der Waals surface area contributed by atoms with Gasteiger partial charge in [-0.3, -0.25) is 0 Å². The lowest BCUT2D eigenvalue weighted by molar-refractivity contribution is -0.132. The van der Waals surface area contributed by atoms with Crippen LogP contribution in [-0.4, -0.2) is 21.2 Å². The Balaban J connectivity index is 2.19. The smallest absolute Gasteiger partial charge is 0.331 e. The highest BCUT2D eigenvalue weighted by molar-refractivity contribution is 5.92. The summed E-state index contributed by atoms with van der Waals surface area (Å²) in [7, 11) is 0. The van der Waals surface area contributed by atoms with Crippen molar-refractivity contribution in [2.45, 2.75) is 33.1 Å². The van der Waals surface area contributed by atoms with Gasteiger partial charge >= 0.3 is 5.97 Å². The molecule has 0 saturated heterocycles. The number of rotatable bonds is 7. The van der Waals surface area contributed by atoms with Crippen molar-refractivity contribution in [3.63, 3.8) is 0 Å². The number of carboxylic acids is 1. The van der Waals surface area contributed by atoms with Gasteiger partial charge in [-0.25, -0.2) is 9.78 Å². The van der Waals surface area contributed by atoms with E-state index in [1.807, 2.05) is 26.0 Å². The number of aryl methyl sites for hydroxylation is 1. The molecule has 0 radical (unpaired) electrons. The fourth-order valence-corrected chi connectivity index (χ4v) is 2.23. The van der Waals surface area contributed by atoms with Gasteiger partial charge in [0.05, 0.1) is 6.20 Å². The van der Waals surface area contributed by atoms with Crippen molar-refractivity contribution < 1.29 is 19.7 Å². The molecule has 0 atom stereocenters. The molecule has 1 aromatic carbocycles. The van der Waals surface area contributed by atoms with Gasteiger partial charge in [0.15, 0.2) is 0 Å². The molecule has 24 heavy (non-hydrogen) atoms. The Labute approximate surface area is 141 Å². The first-order valence-corrected chi connectivity index (χ1v) is 7.87. The second-order valence-electron chi connectivity index (χ2n) is 5.56. The van der Waals surface area contributed by atoms with Crippen LogP contribution in [0, 0.1) is 6.92 Å². The van der Waals surface area contributed by atoms with Crippen molar-refractivity contribution in [2.24, 2.45) is 0 Å². The standard InChI is InChI=1S/C19H21NO4/c1-3-4-5-15(19(22)23)11-14-6-8-17(13(2)10-14)24-18-9-7-16(21)12-20-18/h6-12,21H,3-5H2,1-2H3,(H,22,23)/b15-11+. The largest absolute Gasteiger partial charge is 0.506 e. The Bertz CT molecular complexity index is 736. The number of unbranched alkanes of at least 4 members (excludes halogenated alkanes) is 1. The summed E-state index contributed by atoms with van der Waals surface area (Å²) in [5.41, 5.74) is 2.11. The highest BCUT2D eigenvalue weighted by atomic mass is 16.5. The molecule has 5 nitrogen and oxygen atoms in total. The van der Waals surface area contributed by atoms with Gasteiger partial charge in [-0.1, -0.05) is 19.4 Å². The third-order valence-electron chi connectivity index (χ3n) is 3.55. The van der Waals surface area contributed by atoms with Crippen LogP contribution in [0.1, 0.15) is 37.3 Å². The monoisotopic (exact) mass is 327 g/mol. The van der Waals surface area contributed by atoms with Crippen LogP contribution >= 0.6 is 0 Å². The fraction of sp³-hybridized carbons (Fsp3) is 0.263. The molecule has 0 saturated carbocycles. The van der Waals surface area contributed by atoms with Crippen LogP contribution < -0.4 is 4.74 Å². The van der Waals surface area contributed by atoms with Crippen LogP contribution in [0.3, 0.4) is 0 Å². The number of aromatic hydroxyl groups is 1. The first kappa shape index (κ1) is 17.5. The summed E-state index contributed by atoms with van der Waals surface area (Å²) in [6.45, 7) is 3.92. The normalized spacial score (nSPS) is 11.3. The number of carboxylic acid groups (broad SMARTS) is 1. The zero-order valence-corrected chi connectivity index (χ0v) is 13.8. The van der Waals surface area contributed by atoms with Crippen LogP contribution in [0.25, 0.3) is 6.08 Å². The van der Waals surface area contributed by atoms with Crippen molar-refractivity contribution in [3.05, 3.63) is 53.2 Å². The van der Waals surface area contributed by atoms with Crippen molar-refractivity contribution in [2.75, 3.05) is 0 Å². The second-order valence-corrected chi connectivity index (χ2v) is 5.56. The Kier molecular flexibility index (Phi) is 5.95. The van der Waals surface area contributed by atoms with E-state index in [0.29, 0.717) is 23.6 Å². The number of aliphatic carboxylic acids is 1. The molecule has 2 N–H and O–H groups in total. The maximum Gasteiger partial charge on any atom is 0.331 e. The van der Waals surface area contributed by atoms with Crippen molar-refractivity contribution in [1.29, 1.82) is 0 Å². The summed E-state index contributed by atoms with van der Waals surface area (Å²) >= 11 is 0. The van der Waals surface area contributed by atoms with Gasteiger partial charge < -0.3 is 14.9 Å². The summed E-state index contributed by atoms with van der Waals surface area (Å²) in [5.74, 6) is 0.215. The molecule has 0 aliphatic carbocycles. The molecule has 0 amide bonds. The average Bonchev–Trinajstić information content (AvgIpc) is 2.55. The van der Waals surface area contributed by atoms with Crippen molar-refractivity contribution in [3.8, 4) is 17.4 Å². The van der Waals surface area contributed by atoms with E-state index < -0.39 is 5.97 Å². The molecular formula is C19H21NO4. The maximum absolute atomic E-state index is 11.3. The summed E-state index contributed by atoms with van der Waals surface area (Å²) < 4.78 is 5.68. The molecule has 0 bridgehead atoms. The Morgan fingerprint density at radius 1 is 1.29 bits per heavy atom. The number of ether oxygens (including phenoxy) is 1. The minimum absolute atomic E-state index is 0.0767. The van der Waals surface area contributed by atoms with Crippen LogP contribution in [-0.2, 0) is 4.79 Å². The summed E-state index contributed by atoms with van der Waals surface area (Å²) in [5, 5.41) is 18.5. The number of benzene rings is 1. The number of carbonyl (C=O) groups is 1. The van der Waals surface area contributed by atoms with Crippen LogP contribution in [0.5, 0.6) is 17.4 Å². The van der Waals surface area contributed by atoms with Crippen LogP contribution in [0.15, 0.2) is 42.1 Å². The van der Waals surface area contributed by atoms with Gasteiger partial charge in [-0.05, 0) is 55.2 Å². The highest BCUT2D eigenvalue weighted by Gasteiger charge is 2.08. The van der Waals surface area contributed by atoms with E-state index in [2.05, 4.69) is 4.98 Å². The Morgan fingerprint density at radius 3 is 2.67 bits per heavy atom. The third kappa shape index (κ3) is 4.84. The number of hydrogen-bond donors (Lipinski definition) is 2. The maximum atomic E-state index is 11.3. The SMILES string of the molecule is CCCC/C(=C\c1ccc(Oc2ccc(O)cn2)c(C)c1)C(=O)O. The predicted molar refractivity (Wildman–Crippen MR) is 92.3 cm³/mol. The van der Waals surface area contributed by atoms with Crippen molar-refractivity contribution >= 4 is 12.0 Å². The molecule has 0 aliphatic rings. The first-order valence-electron chi connectivity index (χ1n) is 7.87. The molecule has 0 unspecified atom stereocenters. The molecular weight excluding hydrogens is 306 g/mol. The molecule has 2 aromatic rings. The Morgan fingerprint density at radius 2 is 2.08 bits per heavy atom. The molecule has 2 rings (SSSR count). The average molecular weight is 327 g/mol. The minimum atomic E-state index is -0.880. The molecule has 1 aromatic heterocycles. The number of pyridine rings is 1. The van der Waals surface area contributed by atoms with Gasteiger partial charge in [0, 0.05) is 11.6 Å². The van der Waals surface area contributed by atoms with E-state index in [1.165, 1.54) is 12.3 Å². The third-order valence-corrected chi connectivity index (χ3v) is 3.55. The highest BCUT2D eigenvalue weighted by Crippen LogP contribution is 2.26. The fourth-order valence-electron chi connectivity index (χ4n) is 2.23. The van der Waals surface area contributed by atoms with Gasteiger partial charge in [0.25, 0.3) is 0 Å². The zero-order chi connectivity index (χ0) is 17.5. The van der Waals surface area contributed by atoms with E-state index in [-0.39, 0.29) is 5.75 Å². The summed E-state index contributed by atoms with van der Waals surface area (Å²) in [4.78, 5) is 15.3. The van der Waals surface area contributed by atoms with Crippen LogP contribution in [0.2, 0.25) is 0 Å². The summed E-state index contributed by atoms with van der Waals surface area (Å²) in [6, 6.07) is 8.56. The van der Waals surface area contributed by atoms with E-state index in [9.17, 15) is 15.0 Å². The van der Waals surface area contributed by atoms with E-state index in [1.54, 1.807) is 18.2 Å². The predicted octanol–water partition coefficient (Wildman–Crippen LogP) is 4.55. The molecule has 5 heteroatoms. The van der Waals surface area contributed by atoms with E-state index in [4.69, 9.17) is 4.74 Å². The number of hydrogen-bond acceptors (Lipinski definition) is 4. The molecule has 0 spiro atoms. The number of aromatic nitrogens is 1. The molecule has 0 fully saturated rings. The van der Waals surface area contributed by atoms with E-state index in [0.717, 1.165) is 24.0 Å². The van der Waals surface area contributed by atoms with Crippen LogP contribution in [0.4, 0.5) is 0 Å². The molecule has 126 valence electrons. The molecule has 1 heterocycles. The van der Waals surface area contributed by atoms with Gasteiger partial charge in [-0.2, -0.15) is 0 Å². The lowest BCUT2D eigenvalue weighted by atomic mass is 10.0. The zero-order valence-electron chi connectivity index (χ0n) is 13.8. The van der Waals surface area contributed by atoms with Crippen molar-refractivity contribution in [1.82, 2.24) is 4.98 Å². The van der Waals surface area contributed by atoms with Gasteiger partial charge in [0.2, 0.25) is 5.88 Å². The Hall–Kier alpha value is -2.82. The van der Waals surface area contributed by atoms with E-state index >= 15 is 0 Å². The lowest BCUT2D eigenvalue weighted by Crippen LogP contribution is -2.00. The first-order chi connectivity index (χ1) is 11.5. The quantitative estimate of drug-likeness (QED) is 0.729.